The Morgan fingerprint density at radius 3 is 2.69 bits per heavy atom. The van der Waals surface area contributed by atoms with E-state index in [4.69, 9.17) is 9.47 Å². The van der Waals surface area contributed by atoms with Crippen LogP contribution in [0.3, 0.4) is 0 Å². The zero-order valence-corrected chi connectivity index (χ0v) is 10.0. The van der Waals surface area contributed by atoms with Crippen LogP contribution in [-0.4, -0.2) is 32.3 Å². The molecule has 0 spiro atoms. The number of methoxy groups -OCH3 is 2. The third-order valence-corrected chi connectivity index (χ3v) is 3.03. The highest BCUT2D eigenvalue weighted by atomic mass is 16.5. The Labute approximate surface area is 96.0 Å². The molecule has 0 bridgehead atoms. The van der Waals surface area contributed by atoms with Crippen LogP contribution in [0.1, 0.15) is 22.7 Å². The number of hydrogen-bond donors (Lipinski definition) is 1. The van der Waals surface area contributed by atoms with Crippen molar-refractivity contribution in [2.24, 2.45) is 0 Å². The number of rotatable bonds is 4. The van der Waals surface area contributed by atoms with E-state index in [1.807, 2.05) is 13.1 Å². The molecule has 1 aromatic rings. The first-order chi connectivity index (χ1) is 7.77. The summed E-state index contributed by atoms with van der Waals surface area (Å²) < 4.78 is 10.7. The first-order valence-corrected chi connectivity index (χ1v) is 5.50. The lowest BCUT2D eigenvalue weighted by atomic mass is 9.89. The topological polar surface area (TPSA) is 43.4 Å². The minimum absolute atomic E-state index is 0.529. The standard InChI is InChI=1S/C12H18N2O2/c1-8-12(16-3)11(9-4-13-5-9)10(6-14-8)7-15-2/h6,9,13H,4-5,7H2,1-3H3. The lowest BCUT2D eigenvalue weighted by molar-refractivity contribution is 0.182. The summed E-state index contributed by atoms with van der Waals surface area (Å²) in [7, 11) is 3.41. The van der Waals surface area contributed by atoms with Crippen LogP contribution < -0.4 is 10.1 Å². The Bertz CT molecular complexity index is 376. The number of nitrogens with zero attached hydrogens (tertiary/aromatic N) is 1. The van der Waals surface area contributed by atoms with Gasteiger partial charge in [0.2, 0.25) is 0 Å². The van der Waals surface area contributed by atoms with Gasteiger partial charge in [-0.05, 0) is 6.92 Å². The molecular weight excluding hydrogens is 204 g/mol. The molecule has 0 saturated carbocycles. The van der Waals surface area contributed by atoms with Crippen LogP contribution in [0, 0.1) is 6.92 Å². The number of hydrogen-bond acceptors (Lipinski definition) is 4. The van der Waals surface area contributed by atoms with Gasteiger partial charge in [-0.1, -0.05) is 0 Å². The summed E-state index contributed by atoms with van der Waals surface area (Å²) in [6.45, 7) is 4.59. The summed E-state index contributed by atoms with van der Waals surface area (Å²) in [6.07, 6.45) is 1.90. The zero-order valence-electron chi connectivity index (χ0n) is 10.0. The van der Waals surface area contributed by atoms with Crippen molar-refractivity contribution in [2.45, 2.75) is 19.4 Å². The van der Waals surface area contributed by atoms with E-state index in [0.717, 1.165) is 30.1 Å². The maximum atomic E-state index is 5.47. The summed E-state index contributed by atoms with van der Waals surface area (Å²) in [5, 5.41) is 3.28. The van der Waals surface area contributed by atoms with E-state index in [-0.39, 0.29) is 0 Å². The van der Waals surface area contributed by atoms with Gasteiger partial charge in [-0.2, -0.15) is 0 Å². The Hall–Kier alpha value is -1.13. The number of ether oxygens (including phenoxy) is 2. The zero-order chi connectivity index (χ0) is 11.5. The molecule has 0 unspecified atom stereocenters. The fraction of sp³-hybridized carbons (Fsp3) is 0.583. The van der Waals surface area contributed by atoms with Gasteiger partial charge in [0.25, 0.3) is 0 Å². The second-order valence-corrected chi connectivity index (χ2v) is 4.10. The van der Waals surface area contributed by atoms with Crippen molar-refractivity contribution in [1.82, 2.24) is 10.3 Å². The van der Waals surface area contributed by atoms with Gasteiger partial charge in [0.05, 0.1) is 19.4 Å². The van der Waals surface area contributed by atoms with Crippen molar-refractivity contribution in [3.05, 3.63) is 23.0 Å². The highest BCUT2D eigenvalue weighted by Crippen LogP contribution is 2.34. The fourth-order valence-corrected chi connectivity index (χ4v) is 2.11. The van der Waals surface area contributed by atoms with Crippen molar-refractivity contribution < 1.29 is 9.47 Å². The maximum absolute atomic E-state index is 5.47. The molecule has 1 aromatic heterocycles. The first kappa shape index (κ1) is 11.4. The van der Waals surface area contributed by atoms with Crippen LogP contribution in [-0.2, 0) is 11.3 Å². The van der Waals surface area contributed by atoms with Crippen LogP contribution in [0.2, 0.25) is 0 Å². The molecule has 16 heavy (non-hydrogen) atoms. The van der Waals surface area contributed by atoms with Crippen molar-refractivity contribution >= 4 is 0 Å². The Balaban J connectivity index is 2.43. The number of pyridine rings is 1. The van der Waals surface area contributed by atoms with Crippen LogP contribution in [0.15, 0.2) is 6.20 Å². The highest BCUT2D eigenvalue weighted by Gasteiger charge is 2.26. The van der Waals surface area contributed by atoms with Gasteiger partial charge < -0.3 is 14.8 Å². The normalized spacial score (nSPS) is 15.9. The number of aryl methyl sites for hydroxylation is 1. The van der Waals surface area contributed by atoms with E-state index >= 15 is 0 Å². The quantitative estimate of drug-likeness (QED) is 0.832. The Morgan fingerprint density at radius 1 is 1.44 bits per heavy atom. The number of aromatic nitrogens is 1. The van der Waals surface area contributed by atoms with Crippen LogP contribution in [0.25, 0.3) is 0 Å². The molecule has 1 fully saturated rings. The third-order valence-electron chi connectivity index (χ3n) is 3.03. The van der Waals surface area contributed by atoms with Gasteiger partial charge in [-0.3, -0.25) is 4.98 Å². The minimum Gasteiger partial charge on any atom is -0.495 e. The fourth-order valence-electron chi connectivity index (χ4n) is 2.11. The monoisotopic (exact) mass is 222 g/mol. The molecule has 0 atom stereocenters. The summed E-state index contributed by atoms with van der Waals surface area (Å²) in [5.41, 5.74) is 3.34. The third kappa shape index (κ3) is 1.90. The smallest absolute Gasteiger partial charge is 0.143 e. The molecule has 2 rings (SSSR count). The van der Waals surface area contributed by atoms with Crippen molar-refractivity contribution in [1.29, 1.82) is 0 Å². The van der Waals surface area contributed by atoms with Crippen LogP contribution in [0.5, 0.6) is 5.75 Å². The average molecular weight is 222 g/mol. The van der Waals surface area contributed by atoms with E-state index in [1.165, 1.54) is 5.56 Å². The molecule has 2 heterocycles. The minimum atomic E-state index is 0.529. The van der Waals surface area contributed by atoms with Gasteiger partial charge >= 0.3 is 0 Å². The lowest BCUT2D eigenvalue weighted by Crippen LogP contribution is -2.40. The molecule has 4 heteroatoms. The first-order valence-electron chi connectivity index (χ1n) is 5.50. The number of nitrogens with one attached hydrogen (secondary N) is 1. The van der Waals surface area contributed by atoms with E-state index in [0.29, 0.717) is 12.5 Å². The second-order valence-electron chi connectivity index (χ2n) is 4.10. The molecule has 0 aliphatic carbocycles. The molecule has 1 aliphatic heterocycles. The highest BCUT2D eigenvalue weighted by molar-refractivity contribution is 5.45. The van der Waals surface area contributed by atoms with E-state index in [9.17, 15) is 0 Å². The molecule has 0 radical (unpaired) electrons. The SMILES string of the molecule is COCc1cnc(C)c(OC)c1C1CNC1. The average Bonchev–Trinajstić information content (AvgIpc) is 2.20. The Kier molecular flexibility index (Phi) is 3.41. The van der Waals surface area contributed by atoms with E-state index in [1.54, 1.807) is 14.2 Å². The molecule has 1 aliphatic rings. The van der Waals surface area contributed by atoms with Crippen molar-refractivity contribution in [2.75, 3.05) is 27.3 Å². The predicted molar refractivity (Wildman–Crippen MR) is 61.8 cm³/mol. The largest absolute Gasteiger partial charge is 0.495 e. The second kappa shape index (κ2) is 4.80. The summed E-state index contributed by atoms with van der Waals surface area (Å²) in [5.74, 6) is 1.45. The molecule has 4 nitrogen and oxygen atoms in total. The van der Waals surface area contributed by atoms with E-state index in [2.05, 4.69) is 10.3 Å². The van der Waals surface area contributed by atoms with Gasteiger partial charge in [0.1, 0.15) is 5.75 Å². The molecule has 1 N–H and O–H groups in total. The molecule has 0 aromatic carbocycles. The van der Waals surface area contributed by atoms with Crippen LogP contribution in [0.4, 0.5) is 0 Å². The summed E-state index contributed by atoms with van der Waals surface area (Å²) in [4.78, 5) is 4.34. The Morgan fingerprint density at radius 2 is 2.19 bits per heavy atom. The summed E-state index contributed by atoms with van der Waals surface area (Å²) >= 11 is 0. The molecule has 0 amide bonds. The van der Waals surface area contributed by atoms with Gasteiger partial charge in [-0.25, -0.2) is 0 Å². The van der Waals surface area contributed by atoms with Crippen molar-refractivity contribution in [3.63, 3.8) is 0 Å². The van der Waals surface area contributed by atoms with Crippen LogP contribution >= 0.6 is 0 Å². The predicted octanol–water partition coefficient (Wildman–Crippen LogP) is 1.23. The maximum Gasteiger partial charge on any atom is 0.143 e. The summed E-state index contributed by atoms with van der Waals surface area (Å²) in [6, 6.07) is 0. The van der Waals surface area contributed by atoms with Crippen molar-refractivity contribution in [3.8, 4) is 5.75 Å². The molecule has 1 saturated heterocycles. The van der Waals surface area contributed by atoms with E-state index < -0.39 is 0 Å². The lowest BCUT2D eigenvalue weighted by Gasteiger charge is -2.31. The van der Waals surface area contributed by atoms with Gasteiger partial charge in [0.15, 0.2) is 0 Å². The van der Waals surface area contributed by atoms with Gasteiger partial charge in [-0.15, -0.1) is 0 Å². The van der Waals surface area contributed by atoms with Gasteiger partial charge in [0, 0.05) is 43.4 Å². The molecular formula is C12H18N2O2. The molecule has 88 valence electrons.